The molecule has 0 amide bonds. The van der Waals surface area contributed by atoms with Crippen LogP contribution in [-0.2, 0) is 13.1 Å². The van der Waals surface area contributed by atoms with Crippen LogP contribution < -0.4 is 4.57 Å². The predicted octanol–water partition coefficient (Wildman–Crippen LogP) is 10.1. The first-order valence-corrected chi connectivity index (χ1v) is 15.3. The molecule has 2 nitrogen and oxygen atoms in total. The Morgan fingerprint density at radius 3 is 1.30 bits per heavy atom. The van der Waals surface area contributed by atoms with Crippen molar-refractivity contribution in [2.24, 2.45) is 0 Å². The SMILES string of the molecule is CCCCCCCCCCCCCCCCCCC[n+]1ccn(CCCCCCCC)c1C. The lowest BCUT2D eigenvalue weighted by Crippen LogP contribution is -2.35. The summed E-state index contributed by atoms with van der Waals surface area (Å²) in [4.78, 5) is 0. The molecule has 0 aliphatic carbocycles. The van der Waals surface area contributed by atoms with Crippen molar-refractivity contribution < 1.29 is 4.57 Å². The van der Waals surface area contributed by atoms with E-state index in [-0.39, 0.29) is 0 Å². The zero-order valence-electron chi connectivity index (χ0n) is 23.2. The van der Waals surface area contributed by atoms with Gasteiger partial charge >= 0.3 is 0 Å². The predicted molar refractivity (Wildman–Crippen MR) is 147 cm³/mol. The second-order valence-electron chi connectivity index (χ2n) is 10.7. The van der Waals surface area contributed by atoms with Gasteiger partial charge in [0.05, 0.1) is 13.1 Å². The summed E-state index contributed by atoms with van der Waals surface area (Å²) in [6, 6.07) is 0. The molecule has 0 saturated heterocycles. The minimum absolute atomic E-state index is 1.20. The Kier molecular flexibility index (Phi) is 21.1. The van der Waals surface area contributed by atoms with Crippen LogP contribution in [0.1, 0.15) is 167 Å². The van der Waals surface area contributed by atoms with Gasteiger partial charge < -0.3 is 0 Å². The molecule has 1 aromatic heterocycles. The number of unbranched alkanes of at least 4 members (excludes halogenated alkanes) is 21. The quantitative estimate of drug-likeness (QED) is 0.101. The third-order valence-electron chi connectivity index (χ3n) is 7.51. The molecular weight excluding hydrogens is 400 g/mol. The Morgan fingerprint density at radius 1 is 0.515 bits per heavy atom. The number of aryl methyl sites for hydroxylation is 2. The molecule has 0 bridgehead atoms. The number of imidazole rings is 1. The maximum absolute atomic E-state index is 2.47. The van der Waals surface area contributed by atoms with Gasteiger partial charge in [-0.25, -0.2) is 9.13 Å². The van der Waals surface area contributed by atoms with Crippen LogP contribution in [0, 0.1) is 6.92 Å². The van der Waals surface area contributed by atoms with Crippen LogP contribution in [0.15, 0.2) is 12.4 Å². The minimum Gasteiger partial charge on any atom is -0.234 e. The summed E-state index contributed by atoms with van der Waals surface area (Å²) in [5.74, 6) is 1.44. The van der Waals surface area contributed by atoms with Gasteiger partial charge in [0, 0.05) is 6.92 Å². The van der Waals surface area contributed by atoms with Crippen molar-refractivity contribution in [1.82, 2.24) is 4.57 Å². The van der Waals surface area contributed by atoms with Gasteiger partial charge in [-0.3, -0.25) is 0 Å². The number of nitrogens with zero attached hydrogens (tertiary/aromatic N) is 2. The first-order chi connectivity index (χ1) is 16.3. The van der Waals surface area contributed by atoms with Crippen LogP contribution >= 0.6 is 0 Å². The minimum atomic E-state index is 1.20. The molecule has 33 heavy (non-hydrogen) atoms. The fraction of sp³-hybridized carbons (Fsp3) is 0.903. The summed E-state index contributed by atoms with van der Waals surface area (Å²) < 4.78 is 4.94. The van der Waals surface area contributed by atoms with Gasteiger partial charge in [0.15, 0.2) is 0 Å². The molecule has 0 aliphatic rings. The third-order valence-corrected chi connectivity index (χ3v) is 7.51. The van der Waals surface area contributed by atoms with Crippen molar-refractivity contribution >= 4 is 0 Å². The summed E-state index contributed by atoms with van der Waals surface area (Å²) in [7, 11) is 0. The maximum Gasteiger partial charge on any atom is 0.253 e. The molecule has 1 rings (SSSR count). The largest absolute Gasteiger partial charge is 0.253 e. The van der Waals surface area contributed by atoms with Gasteiger partial charge in [-0.05, 0) is 25.7 Å². The van der Waals surface area contributed by atoms with E-state index in [2.05, 4.69) is 42.3 Å². The Morgan fingerprint density at radius 2 is 0.879 bits per heavy atom. The van der Waals surface area contributed by atoms with Crippen molar-refractivity contribution in [3.8, 4) is 0 Å². The molecular formula is C31H61N2+. The second-order valence-corrected chi connectivity index (χ2v) is 10.7. The zero-order valence-corrected chi connectivity index (χ0v) is 23.2. The second kappa shape index (κ2) is 23.0. The van der Waals surface area contributed by atoms with Crippen LogP contribution in [0.4, 0.5) is 0 Å². The molecule has 1 aromatic rings. The average Bonchev–Trinajstić information content (AvgIpc) is 3.17. The highest BCUT2D eigenvalue weighted by molar-refractivity contribution is 4.79. The van der Waals surface area contributed by atoms with E-state index in [0.717, 1.165) is 0 Å². The topological polar surface area (TPSA) is 8.81 Å². The van der Waals surface area contributed by atoms with E-state index in [4.69, 9.17) is 0 Å². The monoisotopic (exact) mass is 461 g/mol. The maximum atomic E-state index is 2.47. The molecule has 0 fully saturated rings. The summed E-state index contributed by atoms with van der Waals surface area (Å²) in [6.07, 6.45) is 37.5. The molecule has 0 unspecified atom stereocenters. The number of hydrogen-bond donors (Lipinski definition) is 0. The molecule has 0 atom stereocenters. The standard InChI is InChI=1S/C31H61N2/c1-4-6-8-10-12-13-14-15-16-17-18-19-20-21-22-24-26-28-33-30-29-32(31(33)3)27-25-23-11-9-7-5-2/h29-30H,4-28H2,1-3H3/q+1. The van der Waals surface area contributed by atoms with E-state index >= 15 is 0 Å². The summed E-state index contributed by atoms with van der Waals surface area (Å²) in [6.45, 7) is 9.29. The van der Waals surface area contributed by atoms with Gasteiger partial charge in [0.25, 0.3) is 5.82 Å². The van der Waals surface area contributed by atoms with Crippen LogP contribution in [0.2, 0.25) is 0 Å². The third kappa shape index (κ3) is 17.3. The summed E-state index contributed by atoms with van der Waals surface area (Å²) >= 11 is 0. The van der Waals surface area contributed by atoms with Gasteiger partial charge in [0.1, 0.15) is 12.4 Å². The molecule has 0 N–H and O–H groups in total. The molecule has 2 heteroatoms. The summed E-state index contributed by atoms with van der Waals surface area (Å²) in [5.41, 5.74) is 0. The van der Waals surface area contributed by atoms with E-state index in [1.54, 1.807) is 0 Å². The highest BCUT2D eigenvalue weighted by Gasteiger charge is 2.11. The lowest BCUT2D eigenvalue weighted by Gasteiger charge is -2.04. The van der Waals surface area contributed by atoms with E-state index in [1.807, 2.05) is 0 Å². The fourth-order valence-corrected chi connectivity index (χ4v) is 5.08. The van der Waals surface area contributed by atoms with Crippen molar-refractivity contribution in [2.45, 2.75) is 182 Å². The van der Waals surface area contributed by atoms with E-state index in [9.17, 15) is 0 Å². The first kappa shape index (κ1) is 30.2. The molecule has 0 saturated carbocycles. The van der Waals surface area contributed by atoms with Crippen molar-refractivity contribution in [2.75, 3.05) is 0 Å². The van der Waals surface area contributed by atoms with Crippen LogP contribution in [0.25, 0.3) is 0 Å². The highest BCUT2D eigenvalue weighted by Crippen LogP contribution is 2.14. The van der Waals surface area contributed by atoms with Crippen LogP contribution in [0.5, 0.6) is 0 Å². The lowest BCUT2D eigenvalue weighted by molar-refractivity contribution is -0.702. The smallest absolute Gasteiger partial charge is 0.234 e. The van der Waals surface area contributed by atoms with E-state index < -0.39 is 0 Å². The van der Waals surface area contributed by atoms with Gasteiger partial charge in [-0.15, -0.1) is 0 Å². The van der Waals surface area contributed by atoms with Gasteiger partial charge in [0.2, 0.25) is 0 Å². The molecule has 0 aliphatic heterocycles. The molecule has 1 heterocycles. The Balaban J connectivity index is 1.87. The molecule has 194 valence electrons. The molecule has 0 spiro atoms. The van der Waals surface area contributed by atoms with Gasteiger partial charge in [-0.1, -0.05) is 136 Å². The average molecular weight is 462 g/mol. The van der Waals surface area contributed by atoms with Gasteiger partial charge in [-0.2, -0.15) is 0 Å². The summed E-state index contributed by atoms with van der Waals surface area (Å²) in [5, 5.41) is 0. The van der Waals surface area contributed by atoms with Crippen molar-refractivity contribution in [1.29, 1.82) is 0 Å². The van der Waals surface area contributed by atoms with Crippen molar-refractivity contribution in [3.63, 3.8) is 0 Å². The van der Waals surface area contributed by atoms with Crippen LogP contribution in [-0.4, -0.2) is 4.57 Å². The molecule has 0 radical (unpaired) electrons. The van der Waals surface area contributed by atoms with Crippen LogP contribution in [0.3, 0.4) is 0 Å². The van der Waals surface area contributed by atoms with Crippen molar-refractivity contribution in [3.05, 3.63) is 18.2 Å². The fourth-order valence-electron chi connectivity index (χ4n) is 5.08. The first-order valence-electron chi connectivity index (χ1n) is 15.3. The van der Waals surface area contributed by atoms with E-state index in [1.165, 1.54) is 167 Å². The highest BCUT2D eigenvalue weighted by atomic mass is 15.1. The Bertz CT molecular complexity index is 519. The van der Waals surface area contributed by atoms with E-state index in [0.29, 0.717) is 0 Å². The number of aromatic nitrogens is 2. The Hall–Kier alpha value is -0.790. The number of hydrogen-bond acceptors (Lipinski definition) is 0. The lowest BCUT2D eigenvalue weighted by atomic mass is 10.0. The number of rotatable bonds is 25. The molecule has 0 aromatic carbocycles. The zero-order chi connectivity index (χ0) is 23.8. The normalized spacial score (nSPS) is 11.5. The Labute approximate surface area is 208 Å².